The predicted octanol–water partition coefficient (Wildman–Crippen LogP) is 4.56. The lowest BCUT2D eigenvalue weighted by Crippen LogP contribution is -2.13. The van der Waals surface area contributed by atoms with E-state index in [9.17, 15) is 14.9 Å². The number of ether oxygens (including phenoxy) is 2. The van der Waals surface area contributed by atoms with Crippen molar-refractivity contribution in [3.63, 3.8) is 0 Å². The number of nitrogens with zero attached hydrogens (tertiary/aromatic N) is 1. The van der Waals surface area contributed by atoms with Crippen molar-refractivity contribution in [2.45, 2.75) is 6.92 Å². The lowest BCUT2D eigenvalue weighted by Gasteiger charge is -2.10. The Morgan fingerprint density at radius 2 is 1.88 bits per heavy atom. The second-order valence-corrected chi connectivity index (χ2v) is 5.61. The zero-order valence-corrected chi connectivity index (χ0v) is 14.9. The standard InChI is InChI=1S/C16H14Cl2N2O5/c1-3-25-10-4-5-13(14(8-10)20(22)23)19-16(21)9-6-11(17)15(24-2)12(18)7-9/h4-8H,3H2,1-2H3,(H,19,21). The Balaban J connectivity index is 2.33. The number of methoxy groups -OCH3 is 1. The first-order valence-electron chi connectivity index (χ1n) is 7.13. The fourth-order valence-corrected chi connectivity index (χ4v) is 2.75. The van der Waals surface area contributed by atoms with Crippen molar-refractivity contribution in [1.82, 2.24) is 0 Å². The second-order valence-electron chi connectivity index (χ2n) is 4.80. The third-order valence-electron chi connectivity index (χ3n) is 3.19. The molecule has 25 heavy (non-hydrogen) atoms. The van der Waals surface area contributed by atoms with Gasteiger partial charge in [0.05, 0.1) is 34.8 Å². The van der Waals surface area contributed by atoms with E-state index in [4.69, 9.17) is 32.7 Å². The maximum atomic E-state index is 12.4. The molecule has 0 aliphatic rings. The molecule has 0 spiro atoms. The summed E-state index contributed by atoms with van der Waals surface area (Å²) in [5.74, 6) is -0.0200. The first-order valence-corrected chi connectivity index (χ1v) is 7.88. The van der Waals surface area contributed by atoms with Gasteiger partial charge in [0.25, 0.3) is 11.6 Å². The number of hydrogen-bond donors (Lipinski definition) is 1. The minimum atomic E-state index is -0.605. The molecule has 9 heteroatoms. The molecular weight excluding hydrogens is 371 g/mol. The Morgan fingerprint density at radius 3 is 2.40 bits per heavy atom. The molecule has 0 bridgehead atoms. The lowest BCUT2D eigenvalue weighted by atomic mass is 10.2. The first-order chi connectivity index (χ1) is 11.9. The fraction of sp³-hybridized carbons (Fsp3) is 0.188. The van der Waals surface area contributed by atoms with Crippen molar-refractivity contribution in [3.8, 4) is 11.5 Å². The number of nitro groups is 1. The van der Waals surface area contributed by atoms with Crippen LogP contribution in [-0.4, -0.2) is 24.5 Å². The number of rotatable bonds is 6. The zero-order chi connectivity index (χ0) is 18.6. The van der Waals surface area contributed by atoms with Gasteiger partial charge in [0.15, 0.2) is 5.75 Å². The van der Waals surface area contributed by atoms with E-state index in [2.05, 4.69) is 5.32 Å². The highest BCUT2D eigenvalue weighted by Gasteiger charge is 2.19. The molecule has 2 rings (SSSR count). The number of benzene rings is 2. The summed E-state index contributed by atoms with van der Waals surface area (Å²) >= 11 is 12.0. The van der Waals surface area contributed by atoms with Crippen LogP contribution in [0, 0.1) is 10.1 Å². The van der Waals surface area contributed by atoms with E-state index in [1.54, 1.807) is 6.92 Å². The van der Waals surface area contributed by atoms with E-state index in [1.165, 1.54) is 37.4 Å². The third kappa shape index (κ3) is 4.32. The molecule has 0 saturated heterocycles. The predicted molar refractivity (Wildman–Crippen MR) is 95.2 cm³/mol. The van der Waals surface area contributed by atoms with Crippen LogP contribution >= 0.6 is 23.2 Å². The van der Waals surface area contributed by atoms with Crippen LogP contribution in [0.3, 0.4) is 0 Å². The summed E-state index contributed by atoms with van der Waals surface area (Å²) in [4.78, 5) is 23.0. The van der Waals surface area contributed by atoms with Crippen molar-refractivity contribution in [2.24, 2.45) is 0 Å². The highest BCUT2D eigenvalue weighted by atomic mass is 35.5. The molecule has 0 fully saturated rings. The molecule has 0 heterocycles. The maximum absolute atomic E-state index is 12.4. The summed E-state index contributed by atoms with van der Waals surface area (Å²) in [7, 11) is 1.40. The van der Waals surface area contributed by atoms with Crippen molar-refractivity contribution in [2.75, 3.05) is 19.0 Å². The molecule has 2 aromatic carbocycles. The molecule has 0 radical (unpaired) electrons. The van der Waals surface area contributed by atoms with E-state index in [0.717, 1.165) is 0 Å². The van der Waals surface area contributed by atoms with Gasteiger partial charge in [-0.2, -0.15) is 0 Å². The van der Waals surface area contributed by atoms with Gasteiger partial charge in [-0.1, -0.05) is 23.2 Å². The summed E-state index contributed by atoms with van der Waals surface area (Å²) in [5.41, 5.74) is -0.120. The SMILES string of the molecule is CCOc1ccc(NC(=O)c2cc(Cl)c(OC)c(Cl)c2)c([N+](=O)[O-])c1. The third-order valence-corrected chi connectivity index (χ3v) is 3.75. The smallest absolute Gasteiger partial charge is 0.296 e. The largest absolute Gasteiger partial charge is 0.494 e. The lowest BCUT2D eigenvalue weighted by molar-refractivity contribution is -0.384. The van der Waals surface area contributed by atoms with E-state index in [-0.39, 0.29) is 32.7 Å². The Morgan fingerprint density at radius 1 is 1.24 bits per heavy atom. The van der Waals surface area contributed by atoms with Gasteiger partial charge in [0.2, 0.25) is 0 Å². The van der Waals surface area contributed by atoms with Crippen molar-refractivity contribution in [3.05, 3.63) is 56.1 Å². The average molecular weight is 385 g/mol. The molecule has 0 saturated carbocycles. The number of anilines is 1. The summed E-state index contributed by atoms with van der Waals surface area (Å²) in [6.07, 6.45) is 0. The number of nitro benzene ring substituents is 1. The molecule has 0 unspecified atom stereocenters. The van der Waals surface area contributed by atoms with Crippen LogP contribution in [-0.2, 0) is 0 Å². The number of nitrogens with one attached hydrogen (secondary N) is 1. The van der Waals surface area contributed by atoms with Crippen LogP contribution < -0.4 is 14.8 Å². The van der Waals surface area contributed by atoms with E-state index in [0.29, 0.717) is 12.4 Å². The maximum Gasteiger partial charge on any atom is 0.296 e. The van der Waals surface area contributed by atoms with Gasteiger partial charge < -0.3 is 14.8 Å². The van der Waals surface area contributed by atoms with Crippen molar-refractivity contribution >= 4 is 40.5 Å². The van der Waals surface area contributed by atoms with Gasteiger partial charge in [-0.05, 0) is 31.2 Å². The monoisotopic (exact) mass is 384 g/mol. The van der Waals surface area contributed by atoms with E-state index >= 15 is 0 Å². The first kappa shape index (κ1) is 18.8. The molecule has 1 N–H and O–H groups in total. The van der Waals surface area contributed by atoms with Crippen LogP contribution in [0.5, 0.6) is 11.5 Å². The summed E-state index contributed by atoms with van der Waals surface area (Å²) in [6.45, 7) is 2.13. The average Bonchev–Trinajstić information content (AvgIpc) is 2.55. The van der Waals surface area contributed by atoms with Gasteiger partial charge in [0, 0.05) is 5.56 Å². The number of carbonyl (C=O) groups is 1. The highest BCUT2D eigenvalue weighted by molar-refractivity contribution is 6.37. The Kier molecular flexibility index (Phi) is 6.06. The summed E-state index contributed by atoms with van der Waals surface area (Å²) < 4.78 is 10.2. The van der Waals surface area contributed by atoms with Gasteiger partial charge in [-0.25, -0.2) is 0 Å². The van der Waals surface area contributed by atoms with Crippen LogP contribution in [0.25, 0.3) is 0 Å². The quantitative estimate of drug-likeness (QED) is 0.582. The van der Waals surface area contributed by atoms with E-state index < -0.39 is 10.8 Å². The normalized spacial score (nSPS) is 10.2. The molecular formula is C16H14Cl2N2O5. The number of carbonyl (C=O) groups excluding carboxylic acids is 1. The van der Waals surface area contributed by atoms with Crippen LogP contribution in [0.4, 0.5) is 11.4 Å². The number of hydrogen-bond acceptors (Lipinski definition) is 5. The van der Waals surface area contributed by atoms with Crippen LogP contribution in [0.2, 0.25) is 10.0 Å². The van der Waals surface area contributed by atoms with Crippen LogP contribution in [0.1, 0.15) is 17.3 Å². The van der Waals surface area contributed by atoms with E-state index in [1.807, 2.05) is 0 Å². The number of halogens is 2. The summed E-state index contributed by atoms with van der Waals surface area (Å²) in [5, 5.41) is 14.0. The van der Waals surface area contributed by atoms with Crippen molar-refractivity contribution < 1.29 is 19.2 Å². The second kappa shape index (κ2) is 8.04. The topological polar surface area (TPSA) is 90.7 Å². The van der Waals surface area contributed by atoms with Gasteiger partial charge in [-0.3, -0.25) is 14.9 Å². The van der Waals surface area contributed by atoms with Gasteiger partial charge in [0.1, 0.15) is 11.4 Å². The zero-order valence-electron chi connectivity index (χ0n) is 13.3. The molecule has 2 aromatic rings. The molecule has 1 amide bonds. The highest BCUT2D eigenvalue weighted by Crippen LogP contribution is 2.35. The Hall–Kier alpha value is -2.51. The van der Waals surface area contributed by atoms with Gasteiger partial charge >= 0.3 is 0 Å². The minimum absolute atomic E-state index is 0.0292. The summed E-state index contributed by atoms with van der Waals surface area (Å²) in [6, 6.07) is 6.89. The molecule has 132 valence electrons. The molecule has 0 aromatic heterocycles. The minimum Gasteiger partial charge on any atom is -0.494 e. The Bertz CT molecular complexity index is 803. The molecule has 0 atom stereocenters. The fourth-order valence-electron chi connectivity index (χ4n) is 2.11. The molecule has 0 aliphatic carbocycles. The van der Waals surface area contributed by atoms with Crippen molar-refractivity contribution in [1.29, 1.82) is 0 Å². The van der Waals surface area contributed by atoms with Gasteiger partial charge in [-0.15, -0.1) is 0 Å². The molecule has 7 nitrogen and oxygen atoms in total. The molecule has 0 aliphatic heterocycles. The Labute approximate surface area is 153 Å². The number of amides is 1. The van der Waals surface area contributed by atoms with Crippen LogP contribution in [0.15, 0.2) is 30.3 Å².